The number of aryl methyl sites for hydroxylation is 1. The highest BCUT2D eigenvalue weighted by atomic mass is 79.9. The maximum Gasteiger partial charge on any atom is 0.323 e. The molecule has 0 aliphatic carbocycles. The molecule has 0 aromatic heterocycles. The number of amides is 2. The molecule has 0 aliphatic rings. The smallest absolute Gasteiger partial charge is 0.323 e. The lowest BCUT2D eigenvalue weighted by molar-refractivity contribution is 0.262. The van der Waals surface area contributed by atoms with Crippen LogP contribution in [0.1, 0.15) is 5.56 Å². The van der Waals surface area contributed by atoms with Crippen LogP contribution in [-0.4, -0.2) is 20.3 Å². The van der Waals surface area contributed by atoms with Crippen LogP contribution in [0.15, 0.2) is 40.9 Å². The lowest BCUT2D eigenvalue weighted by Crippen LogP contribution is -2.19. The molecular weight excluding hydrogens is 348 g/mol. The van der Waals surface area contributed by atoms with Gasteiger partial charge in [0.05, 0.1) is 14.2 Å². The topological polar surface area (TPSA) is 59.6 Å². The van der Waals surface area contributed by atoms with Crippen LogP contribution in [-0.2, 0) is 0 Å². The van der Waals surface area contributed by atoms with Gasteiger partial charge in [-0.15, -0.1) is 0 Å². The van der Waals surface area contributed by atoms with Crippen LogP contribution in [0.4, 0.5) is 16.2 Å². The average molecular weight is 365 g/mol. The first-order valence-electron chi connectivity index (χ1n) is 6.59. The van der Waals surface area contributed by atoms with E-state index < -0.39 is 0 Å². The van der Waals surface area contributed by atoms with Crippen molar-refractivity contribution in [2.45, 2.75) is 6.92 Å². The van der Waals surface area contributed by atoms with Crippen molar-refractivity contribution in [1.29, 1.82) is 0 Å². The molecule has 6 heteroatoms. The standard InChI is InChI=1S/C16H17BrN2O3/c1-10-6-11(4-5-15(10)17)18-16(20)19-12-7-13(21-2)9-14(8-12)22-3/h4-9H,1-3H3,(H2,18,19,20). The van der Waals surface area contributed by atoms with E-state index in [1.165, 1.54) is 0 Å². The highest BCUT2D eigenvalue weighted by Gasteiger charge is 2.07. The molecule has 5 nitrogen and oxygen atoms in total. The van der Waals surface area contributed by atoms with Crippen molar-refractivity contribution in [3.05, 3.63) is 46.4 Å². The number of ether oxygens (including phenoxy) is 2. The molecule has 0 spiro atoms. The van der Waals surface area contributed by atoms with Crippen molar-refractivity contribution >= 4 is 33.3 Å². The third-order valence-corrected chi connectivity index (χ3v) is 3.91. The van der Waals surface area contributed by atoms with Gasteiger partial charge in [-0.2, -0.15) is 0 Å². The summed E-state index contributed by atoms with van der Waals surface area (Å²) in [5, 5.41) is 5.53. The average Bonchev–Trinajstić information content (AvgIpc) is 2.50. The Kier molecular flexibility index (Phi) is 5.27. The number of benzene rings is 2. The number of hydrogen-bond donors (Lipinski definition) is 2. The lowest BCUT2D eigenvalue weighted by Gasteiger charge is -2.11. The molecule has 2 aromatic carbocycles. The molecule has 2 N–H and O–H groups in total. The van der Waals surface area contributed by atoms with Gasteiger partial charge in [-0.05, 0) is 30.7 Å². The van der Waals surface area contributed by atoms with Crippen molar-refractivity contribution in [3.8, 4) is 11.5 Å². The van der Waals surface area contributed by atoms with E-state index in [1.54, 1.807) is 32.4 Å². The number of nitrogens with one attached hydrogen (secondary N) is 2. The van der Waals surface area contributed by atoms with Gasteiger partial charge in [-0.3, -0.25) is 0 Å². The first-order valence-corrected chi connectivity index (χ1v) is 7.38. The second kappa shape index (κ2) is 7.17. The van der Waals surface area contributed by atoms with Gasteiger partial charge in [-0.1, -0.05) is 15.9 Å². The first-order chi connectivity index (χ1) is 10.5. The van der Waals surface area contributed by atoms with Gasteiger partial charge in [-0.25, -0.2) is 4.79 Å². The number of anilines is 2. The number of rotatable bonds is 4. The Bertz CT molecular complexity index is 667. The quantitative estimate of drug-likeness (QED) is 0.843. The van der Waals surface area contributed by atoms with Gasteiger partial charge in [0.25, 0.3) is 0 Å². The minimum Gasteiger partial charge on any atom is -0.497 e. The minimum atomic E-state index is -0.336. The number of carbonyl (C=O) groups excluding carboxylic acids is 1. The van der Waals surface area contributed by atoms with Crippen molar-refractivity contribution < 1.29 is 14.3 Å². The van der Waals surface area contributed by atoms with E-state index in [2.05, 4.69) is 26.6 Å². The van der Waals surface area contributed by atoms with E-state index >= 15 is 0 Å². The van der Waals surface area contributed by atoms with Crippen LogP contribution in [0.3, 0.4) is 0 Å². The first kappa shape index (κ1) is 16.2. The summed E-state index contributed by atoms with van der Waals surface area (Å²) in [5.74, 6) is 1.21. The Labute approximate surface area is 137 Å². The Morgan fingerprint density at radius 3 is 2.09 bits per heavy atom. The summed E-state index contributed by atoms with van der Waals surface area (Å²) >= 11 is 3.42. The van der Waals surface area contributed by atoms with Crippen LogP contribution in [0.5, 0.6) is 11.5 Å². The van der Waals surface area contributed by atoms with Gasteiger partial charge < -0.3 is 20.1 Å². The van der Waals surface area contributed by atoms with E-state index in [4.69, 9.17) is 9.47 Å². The molecule has 0 fully saturated rings. The Morgan fingerprint density at radius 2 is 1.55 bits per heavy atom. The van der Waals surface area contributed by atoms with Gasteiger partial charge >= 0.3 is 6.03 Å². The number of methoxy groups -OCH3 is 2. The Morgan fingerprint density at radius 1 is 0.955 bits per heavy atom. The summed E-state index contributed by atoms with van der Waals surface area (Å²) in [6.45, 7) is 1.96. The zero-order valence-electron chi connectivity index (χ0n) is 12.6. The van der Waals surface area contributed by atoms with Crippen LogP contribution in [0.25, 0.3) is 0 Å². The maximum absolute atomic E-state index is 12.1. The molecule has 116 valence electrons. The minimum absolute atomic E-state index is 0.336. The number of carbonyl (C=O) groups is 1. The molecule has 0 atom stereocenters. The Hall–Kier alpha value is -2.21. The number of hydrogen-bond acceptors (Lipinski definition) is 3. The molecule has 0 unspecified atom stereocenters. The molecule has 0 saturated heterocycles. The summed E-state index contributed by atoms with van der Waals surface area (Å²) in [6, 6.07) is 10.4. The van der Waals surface area contributed by atoms with E-state index in [9.17, 15) is 4.79 Å². The van der Waals surface area contributed by atoms with Gasteiger partial charge in [0.15, 0.2) is 0 Å². The van der Waals surface area contributed by atoms with Crippen molar-refractivity contribution in [3.63, 3.8) is 0 Å². The van der Waals surface area contributed by atoms with E-state index in [0.29, 0.717) is 22.9 Å². The maximum atomic E-state index is 12.1. The Balaban J connectivity index is 2.09. The second-order valence-electron chi connectivity index (χ2n) is 4.64. The molecule has 0 radical (unpaired) electrons. The molecule has 2 amide bonds. The van der Waals surface area contributed by atoms with Crippen molar-refractivity contribution in [2.75, 3.05) is 24.9 Å². The normalized spacial score (nSPS) is 10.0. The predicted octanol–water partition coefficient (Wildman–Crippen LogP) is 4.42. The SMILES string of the molecule is COc1cc(NC(=O)Nc2ccc(Br)c(C)c2)cc(OC)c1. The molecule has 2 rings (SSSR count). The number of halogens is 1. The van der Waals surface area contributed by atoms with Crippen molar-refractivity contribution in [1.82, 2.24) is 0 Å². The molecule has 0 aliphatic heterocycles. The summed E-state index contributed by atoms with van der Waals surface area (Å²) in [6.07, 6.45) is 0. The van der Waals surface area contributed by atoms with Gasteiger partial charge in [0.1, 0.15) is 11.5 Å². The van der Waals surface area contributed by atoms with E-state index in [1.807, 2.05) is 25.1 Å². The predicted molar refractivity (Wildman–Crippen MR) is 91.1 cm³/mol. The highest BCUT2D eigenvalue weighted by molar-refractivity contribution is 9.10. The van der Waals surface area contributed by atoms with Crippen LogP contribution < -0.4 is 20.1 Å². The van der Waals surface area contributed by atoms with Gasteiger partial charge in [0.2, 0.25) is 0 Å². The highest BCUT2D eigenvalue weighted by Crippen LogP contribution is 2.26. The van der Waals surface area contributed by atoms with E-state index in [0.717, 1.165) is 10.0 Å². The fraction of sp³-hybridized carbons (Fsp3) is 0.188. The summed E-state index contributed by atoms with van der Waals surface area (Å²) in [7, 11) is 3.12. The van der Waals surface area contributed by atoms with Gasteiger partial charge in [0, 0.05) is 34.0 Å². The fourth-order valence-electron chi connectivity index (χ4n) is 1.90. The lowest BCUT2D eigenvalue weighted by atomic mass is 10.2. The van der Waals surface area contributed by atoms with Crippen LogP contribution >= 0.6 is 15.9 Å². The molecule has 22 heavy (non-hydrogen) atoms. The molecule has 0 saturated carbocycles. The fourth-order valence-corrected chi connectivity index (χ4v) is 2.14. The third-order valence-electron chi connectivity index (χ3n) is 3.03. The third kappa shape index (κ3) is 4.14. The zero-order chi connectivity index (χ0) is 16.1. The molecule has 2 aromatic rings. The van der Waals surface area contributed by atoms with Crippen LogP contribution in [0, 0.1) is 6.92 Å². The number of urea groups is 1. The monoisotopic (exact) mass is 364 g/mol. The zero-order valence-corrected chi connectivity index (χ0v) is 14.2. The van der Waals surface area contributed by atoms with Crippen molar-refractivity contribution in [2.24, 2.45) is 0 Å². The summed E-state index contributed by atoms with van der Waals surface area (Å²) < 4.78 is 11.3. The molecule has 0 bridgehead atoms. The molecule has 0 heterocycles. The van der Waals surface area contributed by atoms with E-state index in [-0.39, 0.29) is 6.03 Å². The van der Waals surface area contributed by atoms with Crippen LogP contribution in [0.2, 0.25) is 0 Å². The summed E-state index contributed by atoms with van der Waals surface area (Å²) in [4.78, 5) is 12.1. The molecular formula is C16H17BrN2O3. The second-order valence-corrected chi connectivity index (χ2v) is 5.50. The largest absolute Gasteiger partial charge is 0.497 e. The summed E-state index contributed by atoms with van der Waals surface area (Å²) in [5.41, 5.74) is 2.34.